The normalized spacial score (nSPS) is 19.8. The van der Waals surface area contributed by atoms with Gasteiger partial charge in [-0.25, -0.2) is 4.79 Å². The highest BCUT2D eigenvalue weighted by Crippen LogP contribution is 2.25. The van der Waals surface area contributed by atoms with Crippen LogP contribution in [-0.2, 0) is 14.4 Å². The summed E-state index contributed by atoms with van der Waals surface area (Å²) in [5.41, 5.74) is 0.408. The molecule has 1 unspecified atom stereocenters. The van der Waals surface area contributed by atoms with Gasteiger partial charge >= 0.3 is 5.97 Å². The van der Waals surface area contributed by atoms with Crippen molar-refractivity contribution in [2.75, 3.05) is 33.7 Å². The number of carbonyl (C=O) groups excluding carboxylic acids is 4. The van der Waals surface area contributed by atoms with E-state index in [0.717, 1.165) is 0 Å². The molecule has 0 aromatic heterocycles. The summed E-state index contributed by atoms with van der Waals surface area (Å²) in [6.07, 6.45) is 0.0232. The van der Waals surface area contributed by atoms with Gasteiger partial charge in [0, 0.05) is 26.1 Å². The minimum absolute atomic E-state index is 0.0232. The molecule has 0 radical (unpaired) electrons. The standard InChI is InChI=1S/C17H19N3O5/c1-18(2)7-8-19-10-11(9-14(19)21)17(24)25-20-15(22)12-5-3-4-6-13(12)16(20)23/h3-6,11H,7-10H2,1-2H3. The number of likely N-dealkylation sites (N-methyl/N-ethyl adjacent to an activating group) is 1. The van der Waals surface area contributed by atoms with Crippen LogP contribution in [0.15, 0.2) is 24.3 Å². The Labute approximate surface area is 144 Å². The average Bonchev–Trinajstić information content (AvgIpc) is 3.07. The molecule has 2 heterocycles. The van der Waals surface area contributed by atoms with Gasteiger partial charge in [-0.15, -0.1) is 0 Å². The lowest BCUT2D eigenvalue weighted by Crippen LogP contribution is -2.36. The van der Waals surface area contributed by atoms with Crippen LogP contribution in [0.2, 0.25) is 0 Å². The molecule has 1 aromatic rings. The highest BCUT2D eigenvalue weighted by Gasteiger charge is 2.42. The number of hydroxylamine groups is 2. The van der Waals surface area contributed by atoms with Crippen LogP contribution in [0.4, 0.5) is 0 Å². The van der Waals surface area contributed by atoms with Gasteiger partial charge in [-0.1, -0.05) is 17.2 Å². The third-order valence-electron chi connectivity index (χ3n) is 4.30. The molecule has 25 heavy (non-hydrogen) atoms. The highest BCUT2D eigenvalue weighted by molar-refractivity contribution is 6.20. The van der Waals surface area contributed by atoms with Crippen LogP contribution in [0.1, 0.15) is 27.1 Å². The predicted octanol–water partition coefficient (Wildman–Crippen LogP) is 0.151. The smallest absolute Gasteiger partial charge is 0.338 e. The molecule has 3 amide bonds. The molecular formula is C17H19N3O5. The van der Waals surface area contributed by atoms with Crippen LogP contribution in [0.5, 0.6) is 0 Å². The van der Waals surface area contributed by atoms with Crippen molar-refractivity contribution < 1.29 is 24.0 Å². The summed E-state index contributed by atoms with van der Waals surface area (Å²) < 4.78 is 0. The fourth-order valence-corrected chi connectivity index (χ4v) is 2.88. The molecule has 1 aromatic carbocycles. The van der Waals surface area contributed by atoms with Crippen molar-refractivity contribution in [1.82, 2.24) is 14.9 Å². The van der Waals surface area contributed by atoms with Crippen molar-refractivity contribution in [2.45, 2.75) is 6.42 Å². The van der Waals surface area contributed by atoms with Gasteiger partial charge in [0.1, 0.15) is 0 Å². The van der Waals surface area contributed by atoms with Crippen LogP contribution in [0.3, 0.4) is 0 Å². The van der Waals surface area contributed by atoms with E-state index in [-0.39, 0.29) is 30.0 Å². The molecule has 2 aliphatic rings. The van der Waals surface area contributed by atoms with Crippen LogP contribution < -0.4 is 0 Å². The Kier molecular flexibility index (Phi) is 4.54. The number of carbonyl (C=O) groups is 4. The molecule has 2 aliphatic heterocycles. The van der Waals surface area contributed by atoms with E-state index >= 15 is 0 Å². The van der Waals surface area contributed by atoms with Gasteiger partial charge in [-0.2, -0.15) is 0 Å². The number of amides is 3. The van der Waals surface area contributed by atoms with Crippen LogP contribution in [-0.4, -0.2) is 72.3 Å². The molecule has 0 bridgehead atoms. The third-order valence-corrected chi connectivity index (χ3v) is 4.30. The minimum Gasteiger partial charge on any atom is -0.341 e. The van der Waals surface area contributed by atoms with Gasteiger partial charge in [-0.3, -0.25) is 14.4 Å². The SMILES string of the molecule is CN(C)CCN1CC(C(=O)ON2C(=O)c3ccccc3C2=O)CC1=O. The quantitative estimate of drug-likeness (QED) is 0.706. The lowest BCUT2D eigenvalue weighted by Gasteiger charge is -2.19. The minimum atomic E-state index is -0.741. The maximum Gasteiger partial charge on any atom is 0.338 e. The first-order chi connectivity index (χ1) is 11.9. The number of likely N-dealkylation sites (tertiary alicyclic amines) is 1. The highest BCUT2D eigenvalue weighted by atomic mass is 16.7. The number of fused-ring (bicyclic) bond motifs is 1. The molecule has 0 saturated carbocycles. The zero-order valence-electron chi connectivity index (χ0n) is 14.1. The molecule has 3 rings (SSSR count). The number of hydrogen-bond acceptors (Lipinski definition) is 6. The Morgan fingerprint density at radius 3 is 2.32 bits per heavy atom. The van der Waals surface area contributed by atoms with Crippen molar-refractivity contribution >= 4 is 23.7 Å². The molecule has 8 heteroatoms. The Morgan fingerprint density at radius 2 is 1.76 bits per heavy atom. The predicted molar refractivity (Wildman–Crippen MR) is 86.3 cm³/mol. The summed E-state index contributed by atoms with van der Waals surface area (Å²) in [5, 5.41) is 0.486. The van der Waals surface area contributed by atoms with Gasteiger partial charge in [0.15, 0.2) is 0 Å². The monoisotopic (exact) mass is 345 g/mol. The van der Waals surface area contributed by atoms with Crippen molar-refractivity contribution in [3.05, 3.63) is 35.4 Å². The summed E-state index contributed by atoms with van der Waals surface area (Å²) >= 11 is 0. The van der Waals surface area contributed by atoms with E-state index in [9.17, 15) is 19.2 Å². The maximum absolute atomic E-state index is 12.3. The average molecular weight is 345 g/mol. The van der Waals surface area contributed by atoms with E-state index in [4.69, 9.17) is 4.84 Å². The number of hydrogen-bond donors (Lipinski definition) is 0. The fourth-order valence-electron chi connectivity index (χ4n) is 2.88. The second-order valence-corrected chi connectivity index (χ2v) is 6.40. The lowest BCUT2D eigenvalue weighted by atomic mass is 10.1. The van der Waals surface area contributed by atoms with E-state index in [1.54, 1.807) is 17.0 Å². The number of benzene rings is 1. The van der Waals surface area contributed by atoms with E-state index in [2.05, 4.69) is 0 Å². The zero-order chi connectivity index (χ0) is 18.1. The third kappa shape index (κ3) is 3.25. The second-order valence-electron chi connectivity index (χ2n) is 6.40. The Balaban J connectivity index is 1.63. The van der Waals surface area contributed by atoms with Gasteiger partial charge in [0.25, 0.3) is 11.8 Å². The summed E-state index contributed by atoms with van der Waals surface area (Å²) in [4.78, 5) is 57.3. The Hall–Kier alpha value is -2.74. The van der Waals surface area contributed by atoms with Crippen molar-refractivity contribution in [3.8, 4) is 0 Å². The Morgan fingerprint density at radius 1 is 1.16 bits per heavy atom. The molecule has 1 fully saturated rings. The topological polar surface area (TPSA) is 87.2 Å². The molecule has 132 valence electrons. The summed E-state index contributed by atoms with van der Waals surface area (Å²) in [6, 6.07) is 6.28. The first-order valence-corrected chi connectivity index (χ1v) is 8.00. The second kappa shape index (κ2) is 6.64. The van der Waals surface area contributed by atoms with E-state index in [1.807, 2.05) is 19.0 Å². The summed E-state index contributed by atoms with van der Waals surface area (Å²) in [7, 11) is 3.79. The van der Waals surface area contributed by atoms with E-state index in [0.29, 0.717) is 18.2 Å². The molecule has 8 nitrogen and oxygen atoms in total. The van der Waals surface area contributed by atoms with Crippen molar-refractivity contribution in [2.24, 2.45) is 5.92 Å². The van der Waals surface area contributed by atoms with Crippen LogP contribution in [0.25, 0.3) is 0 Å². The number of imide groups is 1. The van der Waals surface area contributed by atoms with Crippen molar-refractivity contribution in [3.63, 3.8) is 0 Å². The fraction of sp³-hybridized carbons (Fsp3) is 0.412. The summed E-state index contributed by atoms with van der Waals surface area (Å²) in [6.45, 7) is 1.43. The molecule has 0 spiro atoms. The van der Waals surface area contributed by atoms with Gasteiger partial charge in [-0.05, 0) is 26.2 Å². The van der Waals surface area contributed by atoms with Crippen LogP contribution in [0, 0.1) is 5.92 Å². The first kappa shape index (κ1) is 17.1. The van der Waals surface area contributed by atoms with Gasteiger partial charge in [0.05, 0.1) is 17.0 Å². The van der Waals surface area contributed by atoms with E-state index < -0.39 is 23.7 Å². The lowest BCUT2D eigenvalue weighted by molar-refractivity contribution is -0.173. The summed E-state index contributed by atoms with van der Waals surface area (Å²) in [5.74, 6) is -2.88. The van der Waals surface area contributed by atoms with Crippen LogP contribution >= 0.6 is 0 Å². The first-order valence-electron chi connectivity index (χ1n) is 8.00. The molecule has 1 saturated heterocycles. The molecule has 1 atom stereocenters. The van der Waals surface area contributed by atoms with Gasteiger partial charge < -0.3 is 14.6 Å². The molecule has 0 N–H and O–H groups in total. The van der Waals surface area contributed by atoms with E-state index in [1.165, 1.54) is 12.1 Å². The number of nitrogens with zero attached hydrogens (tertiary/aromatic N) is 3. The largest absolute Gasteiger partial charge is 0.341 e. The Bertz CT molecular complexity index is 711. The zero-order valence-corrected chi connectivity index (χ0v) is 14.1. The number of rotatable bonds is 5. The maximum atomic E-state index is 12.3. The molecule has 0 aliphatic carbocycles. The van der Waals surface area contributed by atoms with Crippen molar-refractivity contribution in [1.29, 1.82) is 0 Å². The van der Waals surface area contributed by atoms with Gasteiger partial charge in [0.2, 0.25) is 5.91 Å². The molecular weight excluding hydrogens is 326 g/mol.